The van der Waals surface area contributed by atoms with Crippen LogP contribution in [0.5, 0.6) is 0 Å². The molecule has 1 fully saturated rings. The van der Waals surface area contributed by atoms with Gasteiger partial charge in [-0.3, -0.25) is 9.36 Å². The number of imidazole rings is 1. The predicted molar refractivity (Wildman–Crippen MR) is 79.3 cm³/mol. The van der Waals surface area contributed by atoms with E-state index in [0.29, 0.717) is 5.69 Å². The number of benzene rings is 1. The van der Waals surface area contributed by atoms with Crippen LogP contribution in [0, 0.1) is 0 Å². The number of nitrogens with one attached hydrogen (secondary N) is 1. The van der Waals surface area contributed by atoms with E-state index in [0.717, 1.165) is 31.4 Å². The monoisotopic (exact) mass is 285 g/mol. The fourth-order valence-electron chi connectivity index (χ4n) is 2.78. The van der Waals surface area contributed by atoms with Crippen molar-refractivity contribution in [3.63, 3.8) is 0 Å². The first-order valence-electron chi connectivity index (χ1n) is 7.32. The second kappa shape index (κ2) is 6.10. The zero-order chi connectivity index (χ0) is 14.7. The molecule has 0 aliphatic heterocycles. The minimum Gasteiger partial charge on any atom is -0.391 e. The number of aromatic nitrogens is 2. The molecule has 1 saturated carbocycles. The average molecular weight is 285 g/mol. The van der Waals surface area contributed by atoms with Gasteiger partial charge in [-0.05, 0) is 25.0 Å². The first-order chi connectivity index (χ1) is 10.3. The molecular formula is C16H19N3O2. The molecule has 1 amide bonds. The molecule has 0 unspecified atom stereocenters. The summed E-state index contributed by atoms with van der Waals surface area (Å²) < 4.78 is 1.75. The van der Waals surface area contributed by atoms with E-state index in [4.69, 9.17) is 0 Å². The molecule has 1 aliphatic carbocycles. The van der Waals surface area contributed by atoms with Crippen LogP contribution in [-0.4, -0.2) is 32.7 Å². The number of carbonyl (C=O) groups excluding carboxylic acids is 1. The molecule has 0 bridgehead atoms. The molecule has 0 radical (unpaired) electrons. The Morgan fingerprint density at radius 3 is 2.76 bits per heavy atom. The molecule has 1 aromatic carbocycles. The molecule has 2 atom stereocenters. The Kier molecular flexibility index (Phi) is 4.01. The first kappa shape index (κ1) is 13.8. The maximum Gasteiger partial charge on any atom is 0.270 e. The van der Waals surface area contributed by atoms with E-state index in [2.05, 4.69) is 10.3 Å². The third-order valence-corrected chi connectivity index (χ3v) is 3.95. The van der Waals surface area contributed by atoms with E-state index in [1.165, 1.54) is 0 Å². The van der Waals surface area contributed by atoms with Crippen LogP contribution in [0.25, 0.3) is 5.69 Å². The van der Waals surface area contributed by atoms with Crippen molar-refractivity contribution in [2.45, 2.75) is 37.8 Å². The molecule has 110 valence electrons. The van der Waals surface area contributed by atoms with Crippen LogP contribution in [-0.2, 0) is 0 Å². The maximum absolute atomic E-state index is 12.4. The largest absolute Gasteiger partial charge is 0.391 e. The summed E-state index contributed by atoms with van der Waals surface area (Å²) in [6.07, 6.45) is 6.37. The fraction of sp³-hybridized carbons (Fsp3) is 0.375. The number of para-hydroxylation sites is 1. The minimum absolute atomic E-state index is 0.162. The van der Waals surface area contributed by atoms with E-state index in [1.807, 2.05) is 30.3 Å². The van der Waals surface area contributed by atoms with Crippen molar-refractivity contribution in [2.75, 3.05) is 0 Å². The van der Waals surface area contributed by atoms with Crippen LogP contribution in [0.2, 0.25) is 0 Å². The minimum atomic E-state index is -0.448. The van der Waals surface area contributed by atoms with Gasteiger partial charge in [0.2, 0.25) is 0 Å². The van der Waals surface area contributed by atoms with E-state index < -0.39 is 6.10 Å². The SMILES string of the molecule is O=C(N[C@H]1CCCC[C@@H]1O)c1cncn1-c1ccccc1. The zero-order valence-electron chi connectivity index (χ0n) is 11.8. The third kappa shape index (κ3) is 2.97. The lowest BCUT2D eigenvalue weighted by atomic mass is 9.92. The van der Waals surface area contributed by atoms with Crippen LogP contribution in [0.15, 0.2) is 42.9 Å². The normalized spacial score (nSPS) is 22.0. The summed E-state index contributed by atoms with van der Waals surface area (Å²) in [5.41, 5.74) is 1.38. The highest BCUT2D eigenvalue weighted by Crippen LogP contribution is 2.19. The summed E-state index contributed by atoms with van der Waals surface area (Å²) in [6, 6.07) is 9.45. The van der Waals surface area contributed by atoms with Gasteiger partial charge in [0.25, 0.3) is 5.91 Å². The highest BCUT2D eigenvalue weighted by molar-refractivity contribution is 5.93. The number of aliphatic hydroxyl groups excluding tert-OH is 1. The Morgan fingerprint density at radius 1 is 1.24 bits per heavy atom. The summed E-state index contributed by atoms with van der Waals surface area (Å²) in [4.78, 5) is 16.5. The Labute approximate surface area is 123 Å². The summed E-state index contributed by atoms with van der Waals surface area (Å²) >= 11 is 0. The molecule has 2 N–H and O–H groups in total. The van der Waals surface area contributed by atoms with Crippen LogP contribution in [0.4, 0.5) is 0 Å². The van der Waals surface area contributed by atoms with Crippen molar-refractivity contribution in [1.82, 2.24) is 14.9 Å². The Bertz CT molecular complexity index is 609. The molecule has 1 aliphatic rings. The van der Waals surface area contributed by atoms with Gasteiger partial charge in [-0.2, -0.15) is 0 Å². The van der Waals surface area contributed by atoms with Gasteiger partial charge < -0.3 is 10.4 Å². The number of hydrogen-bond acceptors (Lipinski definition) is 3. The second-order valence-corrected chi connectivity index (χ2v) is 5.42. The number of rotatable bonds is 3. The van der Waals surface area contributed by atoms with Gasteiger partial charge in [0.15, 0.2) is 0 Å². The Morgan fingerprint density at radius 2 is 2.00 bits per heavy atom. The number of amides is 1. The van der Waals surface area contributed by atoms with Crippen molar-refractivity contribution in [3.8, 4) is 5.69 Å². The molecular weight excluding hydrogens is 266 g/mol. The van der Waals surface area contributed by atoms with Gasteiger partial charge in [-0.15, -0.1) is 0 Å². The van der Waals surface area contributed by atoms with E-state index in [1.54, 1.807) is 17.1 Å². The lowest BCUT2D eigenvalue weighted by molar-refractivity contribution is 0.0712. The first-order valence-corrected chi connectivity index (χ1v) is 7.32. The van der Waals surface area contributed by atoms with Gasteiger partial charge >= 0.3 is 0 Å². The third-order valence-electron chi connectivity index (χ3n) is 3.95. The Hall–Kier alpha value is -2.14. The van der Waals surface area contributed by atoms with Crippen LogP contribution >= 0.6 is 0 Å². The van der Waals surface area contributed by atoms with Crippen LogP contribution < -0.4 is 5.32 Å². The highest BCUT2D eigenvalue weighted by Gasteiger charge is 2.26. The van der Waals surface area contributed by atoms with Crippen LogP contribution in [0.3, 0.4) is 0 Å². The van der Waals surface area contributed by atoms with Gasteiger partial charge in [0.05, 0.1) is 24.7 Å². The van der Waals surface area contributed by atoms with Gasteiger partial charge in [0.1, 0.15) is 5.69 Å². The molecule has 3 rings (SSSR count). The number of aliphatic hydroxyl groups is 1. The highest BCUT2D eigenvalue weighted by atomic mass is 16.3. The number of nitrogens with zero attached hydrogens (tertiary/aromatic N) is 2. The average Bonchev–Trinajstić information content (AvgIpc) is 3.00. The summed E-state index contributed by atoms with van der Waals surface area (Å²) in [5.74, 6) is -0.192. The van der Waals surface area contributed by atoms with E-state index in [-0.39, 0.29) is 11.9 Å². The standard InChI is InChI=1S/C16H19N3O2/c20-15-9-5-4-8-13(15)18-16(21)14-10-17-11-19(14)12-6-2-1-3-7-12/h1-3,6-7,10-11,13,15,20H,4-5,8-9H2,(H,18,21)/t13-,15-/m0/s1. The van der Waals surface area contributed by atoms with Crippen molar-refractivity contribution < 1.29 is 9.90 Å². The smallest absolute Gasteiger partial charge is 0.270 e. The lowest BCUT2D eigenvalue weighted by Gasteiger charge is -2.28. The molecule has 1 aromatic heterocycles. The molecule has 0 spiro atoms. The zero-order valence-corrected chi connectivity index (χ0v) is 11.8. The number of hydrogen-bond donors (Lipinski definition) is 2. The van der Waals surface area contributed by atoms with Crippen molar-refractivity contribution in [1.29, 1.82) is 0 Å². The topological polar surface area (TPSA) is 67.2 Å². The second-order valence-electron chi connectivity index (χ2n) is 5.42. The van der Waals surface area contributed by atoms with Crippen molar-refractivity contribution in [3.05, 3.63) is 48.5 Å². The molecule has 5 nitrogen and oxygen atoms in total. The van der Waals surface area contributed by atoms with Gasteiger partial charge in [-0.25, -0.2) is 4.98 Å². The summed E-state index contributed by atoms with van der Waals surface area (Å²) in [7, 11) is 0. The molecule has 21 heavy (non-hydrogen) atoms. The molecule has 5 heteroatoms. The van der Waals surface area contributed by atoms with E-state index >= 15 is 0 Å². The van der Waals surface area contributed by atoms with Crippen molar-refractivity contribution in [2.24, 2.45) is 0 Å². The molecule has 0 saturated heterocycles. The fourth-order valence-corrected chi connectivity index (χ4v) is 2.78. The predicted octanol–water partition coefficient (Wildman–Crippen LogP) is 1.91. The summed E-state index contributed by atoms with van der Waals surface area (Å²) in [5, 5.41) is 12.9. The van der Waals surface area contributed by atoms with E-state index in [9.17, 15) is 9.90 Å². The molecule has 1 heterocycles. The summed E-state index contributed by atoms with van der Waals surface area (Å²) in [6.45, 7) is 0. The quantitative estimate of drug-likeness (QED) is 0.905. The van der Waals surface area contributed by atoms with Gasteiger partial charge in [-0.1, -0.05) is 31.0 Å². The van der Waals surface area contributed by atoms with Crippen molar-refractivity contribution >= 4 is 5.91 Å². The van der Waals surface area contributed by atoms with Gasteiger partial charge in [0, 0.05) is 5.69 Å². The van der Waals surface area contributed by atoms with Crippen LogP contribution in [0.1, 0.15) is 36.2 Å². The lowest BCUT2D eigenvalue weighted by Crippen LogP contribution is -2.45. The number of carbonyl (C=O) groups is 1. The molecule has 2 aromatic rings. The Balaban J connectivity index is 1.78. The maximum atomic E-state index is 12.4.